The average Bonchev–Trinajstić information content (AvgIpc) is 3.53. The van der Waals surface area contributed by atoms with Crippen molar-refractivity contribution in [1.82, 2.24) is 4.90 Å². The van der Waals surface area contributed by atoms with Gasteiger partial charge in [0.05, 0.1) is 0 Å². The Kier molecular flexibility index (Phi) is 5.02. The number of amides is 2. The van der Waals surface area contributed by atoms with Gasteiger partial charge in [-0.05, 0) is 49.6 Å². The molecule has 2 aliphatic rings. The molecule has 1 saturated carbocycles. The number of piperazine rings is 1. The Balaban J connectivity index is 1.39. The van der Waals surface area contributed by atoms with Crippen molar-refractivity contribution >= 4 is 34.8 Å². The lowest BCUT2D eigenvalue weighted by molar-refractivity contribution is -0.142. The van der Waals surface area contributed by atoms with Gasteiger partial charge in [-0.2, -0.15) is 0 Å². The van der Waals surface area contributed by atoms with Crippen LogP contribution in [0.2, 0.25) is 5.02 Å². The molecule has 2 aromatic carbocycles. The van der Waals surface area contributed by atoms with Gasteiger partial charge in [-0.15, -0.1) is 0 Å². The molecule has 0 bridgehead atoms. The van der Waals surface area contributed by atoms with Crippen molar-refractivity contribution < 1.29 is 9.59 Å². The number of benzene rings is 2. The molecular formula is C22H24ClN3O2. The summed E-state index contributed by atoms with van der Waals surface area (Å²) in [4.78, 5) is 30.1. The fourth-order valence-corrected chi connectivity index (χ4v) is 3.87. The standard InChI is InChI=1S/C22H24ClN3O2/c1-16-7-8-17(15-19(16)23)24-20(27)22(9-10-22)21(28)26-13-11-25(12-14-26)18-5-3-2-4-6-18/h2-8,15H,9-14H2,1H3,(H,24,27). The highest BCUT2D eigenvalue weighted by Gasteiger charge is 2.58. The SMILES string of the molecule is Cc1ccc(NC(=O)C2(C(=O)N3CCN(c4ccccc4)CC3)CC2)cc1Cl. The molecule has 1 heterocycles. The van der Waals surface area contributed by atoms with E-state index in [1.165, 1.54) is 5.69 Å². The van der Waals surface area contributed by atoms with E-state index in [1.54, 1.807) is 6.07 Å². The van der Waals surface area contributed by atoms with E-state index in [4.69, 9.17) is 11.6 Å². The zero-order chi connectivity index (χ0) is 19.7. The van der Waals surface area contributed by atoms with E-state index in [0.717, 1.165) is 18.7 Å². The summed E-state index contributed by atoms with van der Waals surface area (Å²) in [6.07, 6.45) is 1.21. The summed E-state index contributed by atoms with van der Waals surface area (Å²) in [7, 11) is 0. The second kappa shape index (κ2) is 7.47. The topological polar surface area (TPSA) is 52.7 Å². The lowest BCUT2D eigenvalue weighted by atomic mass is 10.0. The molecule has 0 spiro atoms. The number of aryl methyl sites for hydroxylation is 1. The van der Waals surface area contributed by atoms with Gasteiger partial charge in [0.1, 0.15) is 5.41 Å². The van der Waals surface area contributed by atoms with Crippen molar-refractivity contribution in [2.75, 3.05) is 36.4 Å². The van der Waals surface area contributed by atoms with Crippen molar-refractivity contribution in [2.24, 2.45) is 5.41 Å². The number of halogens is 1. The van der Waals surface area contributed by atoms with Gasteiger partial charge in [0.25, 0.3) is 0 Å². The summed E-state index contributed by atoms with van der Waals surface area (Å²) in [5, 5.41) is 3.49. The monoisotopic (exact) mass is 397 g/mol. The minimum atomic E-state index is -0.910. The molecule has 2 amide bonds. The van der Waals surface area contributed by atoms with E-state index in [-0.39, 0.29) is 11.8 Å². The van der Waals surface area contributed by atoms with Gasteiger partial charge in [-0.3, -0.25) is 9.59 Å². The van der Waals surface area contributed by atoms with Crippen LogP contribution in [0.3, 0.4) is 0 Å². The normalized spacial score (nSPS) is 17.9. The van der Waals surface area contributed by atoms with Crippen LogP contribution in [-0.2, 0) is 9.59 Å². The number of hydrogen-bond acceptors (Lipinski definition) is 3. The summed E-state index contributed by atoms with van der Waals surface area (Å²) < 4.78 is 0. The number of rotatable bonds is 4. The van der Waals surface area contributed by atoms with Crippen molar-refractivity contribution in [1.29, 1.82) is 0 Å². The van der Waals surface area contributed by atoms with E-state index < -0.39 is 5.41 Å². The molecule has 146 valence electrons. The third-order valence-corrected chi connectivity index (χ3v) is 6.12. The molecule has 6 heteroatoms. The number of carbonyl (C=O) groups is 2. The van der Waals surface area contributed by atoms with E-state index in [1.807, 2.05) is 42.2 Å². The van der Waals surface area contributed by atoms with Crippen LogP contribution >= 0.6 is 11.6 Å². The molecule has 2 aromatic rings. The average molecular weight is 398 g/mol. The highest BCUT2D eigenvalue weighted by molar-refractivity contribution is 6.31. The Bertz CT molecular complexity index is 888. The number of nitrogens with one attached hydrogen (secondary N) is 1. The Labute approximate surface area is 170 Å². The number of para-hydroxylation sites is 1. The van der Waals surface area contributed by atoms with E-state index >= 15 is 0 Å². The smallest absolute Gasteiger partial charge is 0.240 e. The molecule has 1 aliphatic heterocycles. The first-order valence-electron chi connectivity index (χ1n) is 9.67. The molecule has 1 aliphatic carbocycles. The van der Waals surface area contributed by atoms with Gasteiger partial charge >= 0.3 is 0 Å². The Hall–Kier alpha value is -2.53. The number of hydrogen-bond donors (Lipinski definition) is 1. The summed E-state index contributed by atoms with van der Waals surface area (Å²) in [5.41, 5.74) is 1.85. The number of nitrogens with zero attached hydrogens (tertiary/aromatic N) is 2. The third-order valence-electron chi connectivity index (χ3n) is 5.71. The van der Waals surface area contributed by atoms with E-state index in [0.29, 0.717) is 36.6 Å². The molecule has 0 unspecified atom stereocenters. The third kappa shape index (κ3) is 3.59. The van der Waals surface area contributed by atoms with Gasteiger partial charge in [0, 0.05) is 42.6 Å². The van der Waals surface area contributed by atoms with Gasteiger partial charge in [-0.1, -0.05) is 35.9 Å². The van der Waals surface area contributed by atoms with Crippen molar-refractivity contribution in [3.63, 3.8) is 0 Å². The Morgan fingerprint density at radius 1 is 1.00 bits per heavy atom. The molecule has 0 radical (unpaired) electrons. The van der Waals surface area contributed by atoms with Crippen LogP contribution in [0.4, 0.5) is 11.4 Å². The maximum atomic E-state index is 13.1. The van der Waals surface area contributed by atoms with Crippen LogP contribution in [0.15, 0.2) is 48.5 Å². The van der Waals surface area contributed by atoms with Crippen LogP contribution in [0.25, 0.3) is 0 Å². The van der Waals surface area contributed by atoms with Crippen LogP contribution < -0.4 is 10.2 Å². The van der Waals surface area contributed by atoms with Crippen LogP contribution in [0.1, 0.15) is 18.4 Å². The van der Waals surface area contributed by atoms with Gasteiger partial charge in [0.2, 0.25) is 11.8 Å². The first kappa shape index (κ1) is 18.8. The fraction of sp³-hybridized carbons (Fsp3) is 0.364. The first-order chi connectivity index (χ1) is 13.5. The van der Waals surface area contributed by atoms with Gasteiger partial charge in [-0.25, -0.2) is 0 Å². The Morgan fingerprint density at radius 2 is 1.68 bits per heavy atom. The molecule has 1 N–H and O–H groups in total. The zero-order valence-electron chi connectivity index (χ0n) is 16.0. The number of carbonyl (C=O) groups excluding carboxylic acids is 2. The highest BCUT2D eigenvalue weighted by Crippen LogP contribution is 2.48. The fourth-order valence-electron chi connectivity index (χ4n) is 3.69. The van der Waals surface area contributed by atoms with Crippen LogP contribution in [0.5, 0.6) is 0 Å². The zero-order valence-corrected chi connectivity index (χ0v) is 16.7. The predicted molar refractivity (Wildman–Crippen MR) is 112 cm³/mol. The van der Waals surface area contributed by atoms with Gasteiger partial charge in [0.15, 0.2) is 0 Å². The largest absolute Gasteiger partial charge is 0.368 e. The summed E-state index contributed by atoms with van der Waals surface area (Å²) in [6, 6.07) is 15.6. The second-order valence-corrected chi connectivity index (χ2v) is 8.02. The lowest BCUT2D eigenvalue weighted by Crippen LogP contribution is -2.52. The van der Waals surface area contributed by atoms with Gasteiger partial charge < -0.3 is 15.1 Å². The highest BCUT2D eigenvalue weighted by atomic mass is 35.5. The molecule has 0 atom stereocenters. The molecule has 4 rings (SSSR count). The van der Waals surface area contributed by atoms with Crippen LogP contribution in [0, 0.1) is 12.3 Å². The van der Waals surface area contributed by atoms with E-state index in [2.05, 4.69) is 22.3 Å². The minimum absolute atomic E-state index is 0.0454. The van der Waals surface area contributed by atoms with Crippen LogP contribution in [-0.4, -0.2) is 42.9 Å². The summed E-state index contributed by atoms with van der Waals surface area (Å²) >= 11 is 6.14. The molecule has 1 saturated heterocycles. The molecule has 28 heavy (non-hydrogen) atoms. The maximum Gasteiger partial charge on any atom is 0.240 e. The minimum Gasteiger partial charge on any atom is -0.368 e. The second-order valence-electron chi connectivity index (χ2n) is 7.61. The molecule has 0 aromatic heterocycles. The summed E-state index contributed by atoms with van der Waals surface area (Å²) in [5.74, 6) is -0.265. The quantitative estimate of drug-likeness (QED) is 0.800. The molecule has 2 fully saturated rings. The molecular weight excluding hydrogens is 374 g/mol. The van der Waals surface area contributed by atoms with Crippen molar-refractivity contribution in [3.05, 3.63) is 59.1 Å². The van der Waals surface area contributed by atoms with Crippen molar-refractivity contribution in [3.8, 4) is 0 Å². The number of anilines is 2. The predicted octanol–water partition coefficient (Wildman–Crippen LogP) is 3.72. The lowest BCUT2D eigenvalue weighted by Gasteiger charge is -2.37. The van der Waals surface area contributed by atoms with E-state index in [9.17, 15) is 9.59 Å². The van der Waals surface area contributed by atoms with Crippen molar-refractivity contribution in [2.45, 2.75) is 19.8 Å². The molecule has 5 nitrogen and oxygen atoms in total. The Morgan fingerprint density at radius 3 is 2.29 bits per heavy atom. The maximum absolute atomic E-state index is 13.1. The first-order valence-corrected chi connectivity index (χ1v) is 10.0. The summed E-state index contributed by atoms with van der Waals surface area (Å²) in [6.45, 7) is 4.75.